The van der Waals surface area contributed by atoms with Crippen LogP contribution in [0.4, 0.5) is 11.4 Å². The molecule has 1 amide bonds. The zero-order valence-corrected chi connectivity index (χ0v) is 16.6. The molecule has 7 nitrogen and oxygen atoms in total. The molecule has 0 atom stereocenters. The third-order valence-electron chi connectivity index (χ3n) is 4.29. The predicted molar refractivity (Wildman–Crippen MR) is 112 cm³/mol. The van der Waals surface area contributed by atoms with Gasteiger partial charge in [0.25, 0.3) is 5.91 Å². The molecule has 0 aliphatic carbocycles. The minimum Gasteiger partial charge on any atom is -0.497 e. The molecule has 0 bridgehead atoms. The van der Waals surface area contributed by atoms with Crippen LogP contribution in [0.1, 0.15) is 15.9 Å². The minimum absolute atomic E-state index is 0.238. The number of nitrogens with one attached hydrogen (secondary N) is 2. The van der Waals surface area contributed by atoms with Crippen molar-refractivity contribution in [1.82, 2.24) is 4.98 Å². The Balaban J connectivity index is 1.65. The molecule has 0 aliphatic heterocycles. The van der Waals surface area contributed by atoms with E-state index >= 15 is 0 Å². The Hall–Kier alpha value is -3.74. The average Bonchev–Trinajstić information content (AvgIpc) is 2.78. The molecule has 3 aromatic rings. The number of methoxy groups -OCH3 is 3. The highest BCUT2D eigenvalue weighted by Gasteiger charge is 2.09. The average molecular weight is 393 g/mol. The highest BCUT2D eigenvalue weighted by atomic mass is 16.5. The molecule has 0 saturated heterocycles. The molecule has 3 rings (SSSR count). The van der Waals surface area contributed by atoms with E-state index in [1.165, 1.54) is 6.20 Å². The first-order valence-electron chi connectivity index (χ1n) is 8.98. The van der Waals surface area contributed by atoms with Gasteiger partial charge in [-0.05, 0) is 48.0 Å². The van der Waals surface area contributed by atoms with E-state index < -0.39 is 0 Å². The zero-order chi connectivity index (χ0) is 20.6. The fourth-order valence-corrected chi connectivity index (χ4v) is 2.73. The monoisotopic (exact) mass is 393 g/mol. The van der Waals surface area contributed by atoms with Crippen molar-refractivity contribution in [3.8, 4) is 17.2 Å². The van der Waals surface area contributed by atoms with E-state index in [4.69, 9.17) is 14.2 Å². The predicted octanol–water partition coefficient (Wildman–Crippen LogP) is 3.97. The van der Waals surface area contributed by atoms with E-state index in [2.05, 4.69) is 15.6 Å². The SMILES string of the molecule is COc1ccc(NC(=O)c2cncc(NCc3ccc(OC)c(OC)c3)c2)cc1. The molecule has 1 aromatic heterocycles. The van der Waals surface area contributed by atoms with Crippen LogP contribution >= 0.6 is 0 Å². The molecule has 0 unspecified atom stereocenters. The number of rotatable bonds is 8. The molecule has 150 valence electrons. The van der Waals surface area contributed by atoms with Crippen LogP contribution in [-0.4, -0.2) is 32.2 Å². The van der Waals surface area contributed by atoms with Crippen LogP contribution in [-0.2, 0) is 6.54 Å². The summed E-state index contributed by atoms with van der Waals surface area (Å²) in [5, 5.41) is 6.11. The molecule has 29 heavy (non-hydrogen) atoms. The third kappa shape index (κ3) is 5.16. The number of anilines is 2. The van der Waals surface area contributed by atoms with Gasteiger partial charge in [0.05, 0.1) is 32.6 Å². The maximum atomic E-state index is 12.5. The molecule has 1 heterocycles. The summed E-state index contributed by atoms with van der Waals surface area (Å²) in [4.78, 5) is 16.7. The van der Waals surface area contributed by atoms with Gasteiger partial charge in [-0.2, -0.15) is 0 Å². The van der Waals surface area contributed by atoms with Gasteiger partial charge in [-0.1, -0.05) is 6.07 Å². The van der Waals surface area contributed by atoms with Crippen LogP contribution in [0.3, 0.4) is 0 Å². The summed E-state index contributed by atoms with van der Waals surface area (Å²) >= 11 is 0. The Kier molecular flexibility index (Phi) is 6.52. The molecule has 0 spiro atoms. The maximum Gasteiger partial charge on any atom is 0.257 e. The van der Waals surface area contributed by atoms with Crippen molar-refractivity contribution in [3.05, 3.63) is 72.1 Å². The lowest BCUT2D eigenvalue weighted by Crippen LogP contribution is -2.12. The van der Waals surface area contributed by atoms with Gasteiger partial charge in [0.15, 0.2) is 11.5 Å². The van der Waals surface area contributed by atoms with Gasteiger partial charge < -0.3 is 24.8 Å². The Morgan fingerprint density at radius 2 is 1.62 bits per heavy atom. The lowest BCUT2D eigenvalue weighted by molar-refractivity contribution is 0.102. The fraction of sp³-hybridized carbons (Fsp3) is 0.182. The molecular formula is C22H23N3O4. The van der Waals surface area contributed by atoms with Crippen molar-refractivity contribution in [2.75, 3.05) is 32.0 Å². The van der Waals surface area contributed by atoms with Crippen LogP contribution in [0.5, 0.6) is 17.2 Å². The summed E-state index contributed by atoms with van der Waals surface area (Å²) in [7, 11) is 4.80. The molecule has 0 aliphatic rings. The van der Waals surface area contributed by atoms with E-state index in [0.29, 0.717) is 29.3 Å². The molecule has 7 heteroatoms. The molecule has 0 saturated carbocycles. The Morgan fingerprint density at radius 3 is 2.31 bits per heavy atom. The first-order valence-corrected chi connectivity index (χ1v) is 8.98. The van der Waals surface area contributed by atoms with Crippen molar-refractivity contribution in [3.63, 3.8) is 0 Å². The smallest absolute Gasteiger partial charge is 0.257 e. The van der Waals surface area contributed by atoms with E-state index in [1.807, 2.05) is 18.2 Å². The maximum absolute atomic E-state index is 12.5. The van der Waals surface area contributed by atoms with Crippen LogP contribution in [0.25, 0.3) is 0 Å². The number of carbonyl (C=O) groups excluding carboxylic acids is 1. The zero-order valence-electron chi connectivity index (χ0n) is 16.6. The number of hydrogen-bond acceptors (Lipinski definition) is 6. The highest BCUT2D eigenvalue weighted by molar-refractivity contribution is 6.04. The second kappa shape index (κ2) is 9.45. The Bertz CT molecular complexity index is 974. The first-order chi connectivity index (χ1) is 14.1. The van der Waals surface area contributed by atoms with Crippen LogP contribution in [0, 0.1) is 0 Å². The van der Waals surface area contributed by atoms with Crippen molar-refractivity contribution in [2.45, 2.75) is 6.54 Å². The van der Waals surface area contributed by atoms with Crippen molar-refractivity contribution in [1.29, 1.82) is 0 Å². The van der Waals surface area contributed by atoms with E-state index in [9.17, 15) is 4.79 Å². The molecule has 2 aromatic carbocycles. The summed E-state index contributed by atoms with van der Waals surface area (Å²) in [5.74, 6) is 1.83. The molecule has 0 radical (unpaired) electrons. The number of ether oxygens (including phenoxy) is 3. The lowest BCUT2D eigenvalue weighted by Gasteiger charge is -2.11. The van der Waals surface area contributed by atoms with Gasteiger partial charge in [0.1, 0.15) is 5.75 Å². The second-order valence-electron chi connectivity index (χ2n) is 6.19. The van der Waals surface area contributed by atoms with Crippen molar-refractivity contribution < 1.29 is 19.0 Å². The highest BCUT2D eigenvalue weighted by Crippen LogP contribution is 2.27. The molecule has 0 fully saturated rings. The number of hydrogen-bond donors (Lipinski definition) is 2. The quantitative estimate of drug-likeness (QED) is 0.603. The summed E-state index contributed by atoms with van der Waals surface area (Å²) in [5.41, 5.74) is 2.88. The number of nitrogens with zero attached hydrogens (tertiary/aromatic N) is 1. The third-order valence-corrected chi connectivity index (χ3v) is 4.29. The van der Waals surface area contributed by atoms with E-state index in [-0.39, 0.29) is 5.91 Å². The van der Waals surface area contributed by atoms with Crippen molar-refractivity contribution >= 4 is 17.3 Å². The minimum atomic E-state index is -0.238. The normalized spacial score (nSPS) is 10.2. The second-order valence-corrected chi connectivity index (χ2v) is 6.19. The van der Waals surface area contributed by atoms with Gasteiger partial charge >= 0.3 is 0 Å². The van der Waals surface area contributed by atoms with Gasteiger partial charge in [0, 0.05) is 24.6 Å². The van der Waals surface area contributed by atoms with Gasteiger partial charge in [-0.3, -0.25) is 9.78 Å². The number of benzene rings is 2. The van der Waals surface area contributed by atoms with E-state index in [1.54, 1.807) is 57.9 Å². The topological polar surface area (TPSA) is 81.7 Å². The number of carbonyl (C=O) groups is 1. The first kappa shape index (κ1) is 20.0. The summed E-state index contributed by atoms with van der Waals surface area (Å²) in [6, 6.07) is 14.6. The largest absolute Gasteiger partial charge is 0.497 e. The van der Waals surface area contributed by atoms with E-state index in [0.717, 1.165) is 17.0 Å². The number of amides is 1. The summed E-state index contributed by atoms with van der Waals surface area (Å²) in [6.07, 6.45) is 3.20. The van der Waals surface area contributed by atoms with Gasteiger partial charge in [-0.25, -0.2) is 0 Å². The van der Waals surface area contributed by atoms with Gasteiger partial charge in [0.2, 0.25) is 0 Å². The van der Waals surface area contributed by atoms with Crippen LogP contribution in [0.15, 0.2) is 60.9 Å². The Morgan fingerprint density at radius 1 is 0.862 bits per heavy atom. The molecule has 2 N–H and O–H groups in total. The number of aromatic nitrogens is 1. The lowest BCUT2D eigenvalue weighted by atomic mass is 10.2. The molecular weight excluding hydrogens is 370 g/mol. The number of pyridine rings is 1. The summed E-state index contributed by atoms with van der Waals surface area (Å²) < 4.78 is 15.7. The van der Waals surface area contributed by atoms with Crippen LogP contribution < -0.4 is 24.8 Å². The van der Waals surface area contributed by atoms with Crippen LogP contribution in [0.2, 0.25) is 0 Å². The van der Waals surface area contributed by atoms with Crippen molar-refractivity contribution in [2.24, 2.45) is 0 Å². The standard InChI is InChI=1S/C22H23N3O4/c1-27-19-7-5-17(6-8-19)25-22(26)16-11-18(14-23-13-16)24-12-15-4-9-20(28-2)21(10-15)29-3/h4-11,13-14,24H,12H2,1-3H3,(H,25,26). The van der Waals surface area contributed by atoms with Gasteiger partial charge in [-0.15, -0.1) is 0 Å². The Labute approximate surface area is 169 Å². The summed E-state index contributed by atoms with van der Waals surface area (Å²) in [6.45, 7) is 0.547. The fourth-order valence-electron chi connectivity index (χ4n) is 2.73.